The fourth-order valence-corrected chi connectivity index (χ4v) is 17.7. The van der Waals surface area contributed by atoms with Crippen LogP contribution in [-0.4, -0.2) is 41.6 Å². The molecule has 0 radical (unpaired) electrons. The van der Waals surface area contributed by atoms with E-state index in [0.29, 0.717) is 6.04 Å². The summed E-state index contributed by atoms with van der Waals surface area (Å²) < 4.78 is 0. The van der Waals surface area contributed by atoms with Gasteiger partial charge in [0.05, 0.1) is 0 Å². The van der Waals surface area contributed by atoms with Crippen molar-refractivity contribution in [3.05, 3.63) is 83.9 Å². The Bertz CT molecular complexity index is 1190. The van der Waals surface area contributed by atoms with Crippen molar-refractivity contribution in [1.82, 2.24) is 4.90 Å². The molecule has 0 aromatic heterocycles. The summed E-state index contributed by atoms with van der Waals surface area (Å²) in [6.45, 7) is 0. The van der Waals surface area contributed by atoms with Crippen molar-refractivity contribution in [3.63, 3.8) is 0 Å². The van der Waals surface area contributed by atoms with Crippen LogP contribution < -0.4 is 10.6 Å². The Morgan fingerprint density at radius 2 is 0.979 bits per heavy atom. The molecule has 0 bridgehead atoms. The number of hydrogen-bond donors (Lipinski definition) is 0. The van der Waals surface area contributed by atoms with Crippen LogP contribution in [0.15, 0.2) is 72.8 Å². The average Bonchev–Trinajstić information content (AvgIpc) is 3.85. The Balaban J connectivity index is 0.000000662. The maximum Gasteiger partial charge on any atom is 2.00 e. The van der Waals surface area contributed by atoms with Gasteiger partial charge in [0.15, 0.2) is 0 Å². The second-order valence-corrected chi connectivity index (χ2v) is 20.7. The van der Waals surface area contributed by atoms with E-state index < -0.39 is 0 Å². The largest absolute Gasteiger partial charge is 2.00 e. The molecule has 0 amide bonds. The smallest absolute Gasteiger partial charge is 0.310 e. The van der Waals surface area contributed by atoms with Gasteiger partial charge in [-0.3, -0.25) is 0 Å². The van der Waals surface area contributed by atoms with Gasteiger partial charge < -0.3 is 4.90 Å². The first-order valence-electron chi connectivity index (χ1n) is 19.5. The molecule has 4 heteroatoms. The molecule has 1 nitrogen and oxygen atoms in total. The van der Waals surface area contributed by atoms with Gasteiger partial charge in [0.2, 0.25) is 0 Å². The van der Waals surface area contributed by atoms with Gasteiger partial charge in [0.1, 0.15) is 0 Å². The fourth-order valence-electron chi connectivity index (χ4n) is 9.71. The molecule has 0 heterocycles. The zero-order valence-electron chi connectivity index (χ0n) is 29.7. The standard InChI is InChI=1S/C38H58NP2.C5H5.Fe/c1-39(2)38(35-27-17-29-37(35)41(32-22-11-5-12-23-32)33-24-13-6-14-25-33)34-26-15-16-28-36(34)40(30-18-7-3-8-19-30)31-20-9-4-10-21-31;1-2-4-5-3-1;/h15-17,26-33,38H,3-14,18-25H2,1-2H3;1-5H;/q2*-1;+2/t38-;;/m1../s1. The van der Waals surface area contributed by atoms with Crippen LogP contribution in [0.25, 0.3) is 0 Å². The summed E-state index contributed by atoms with van der Waals surface area (Å²) >= 11 is 0. The van der Waals surface area contributed by atoms with E-state index in [1.807, 2.05) is 35.6 Å². The molecule has 0 N–H and O–H groups in total. The summed E-state index contributed by atoms with van der Waals surface area (Å²) in [5.74, 6) is 0. The summed E-state index contributed by atoms with van der Waals surface area (Å²) in [5, 5.41) is 3.61. The number of hydrogen-bond acceptors (Lipinski definition) is 1. The third-order valence-corrected chi connectivity index (χ3v) is 19.0. The Hall–Kier alpha value is -0.741. The molecule has 3 aromatic rings. The van der Waals surface area contributed by atoms with Crippen LogP contribution in [0.5, 0.6) is 0 Å². The van der Waals surface area contributed by atoms with Crippen LogP contribution in [0.2, 0.25) is 0 Å². The van der Waals surface area contributed by atoms with Crippen LogP contribution in [-0.2, 0) is 17.1 Å². The first kappa shape index (κ1) is 37.5. The number of rotatable bonds is 9. The quantitative estimate of drug-likeness (QED) is 0.121. The summed E-state index contributed by atoms with van der Waals surface area (Å²) in [5.41, 5.74) is 7.18. The Morgan fingerprint density at radius 3 is 1.40 bits per heavy atom. The van der Waals surface area contributed by atoms with Crippen molar-refractivity contribution in [2.24, 2.45) is 0 Å². The van der Waals surface area contributed by atoms with Crippen LogP contribution in [0.1, 0.15) is 146 Å². The summed E-state index contributed by atoms with van der Waals surface area (Å²) in [7, 11) is 4.55. The van der Waals surface area contributed by atoms with Crippen molar-refractivity contribution in [2.75, 3.05) is 14.1 Å². The van der Waals surface area contributed by atoms with Crippen LogP contribution in [0.3, 0.4) is 0 Å². The SMILES string of the molecule is CN(C)[C@H](c1ccccc1P(C1CCCCC1)C1CCCCC1)c1cc[cH-]c1P(C1CCCCC1)C1CCCCC1.[Fe+2].c1cc[cH-]c1. The Morgan fingerprint density at radius 1 is 0.532 bits per heavy atom. The van der Waals surface area contributed by atoms with Gasteiger partial charge in [0.25, 0.3) is 0 Å². The Kier molecular flexibility index (Phi) is 15.6. The van der Waals surface area contributed by atoms with Crippen LogP contribution in [0.4, 0.5) is 0 Å². The molecule has 4 aliphatic rings. The van der Waals surface area contributed by atoms with Crippen LogP contribution >= 0.6 is 15.8 Å². The van der Waals surface area contributed by atoms with Gasteiger partial charge in [-0.25, -0.2) is 18.2 Å². The van der Waals surface area contributed by atoms with Crippen molar-refractivity contribution in [3.8, 4) is 0 Å². The molecule has 0 aliphatic heterocycles. The van der Waals surface area contributed by atoms with E-state index in [0.717, 1.165) is 22.6 Å². The predicted octanol–water partition coefficient (Wildman–Crippen LogP) is 12.0. The van der Waals surface area contributed by atoms with Crippen LogP contribution in [0, 0.1) is 0 Å². The molecule has 0 unspecified atom stereocenters. The number of benzene rings is 1. The molecule has 7 rings (SSSR count). The summed E-state index contributed by atoms with van der Waals surface area (Å²) in [6.07, 6.45) is 29.5. The fraction of sp³-hybridized carbons (Fsp3) is 0.628. The normalized spacial score (nSPS) is 21.4. The summed E-state index contributed by atoms with van der Waals surface area (Å²) in [6, 6.07) is 28.0. The first-order valence-corrected chi connectivity index (χ1v) is 22.4. The van der Waals surface area contributed by atoms with Gasteiger partial charge in [-0.1, -0.05) is 117 Å². The predicted molar refractivity (Wildman–Crippen MR) is 207 cm³/mol. The second-order valence-electron chi connectivity index (χ2n) is 15.2. The van der Waals surface area contributed by atoms with E-state index in [1.54, 1.807) is 16.4 Å². The zero-order chi connectivity index (χ0) is 31.6. The van der Waals surface area contributed by atoms with Gasteiger partial charge in [-0.05, 0) is 99.0 Å². The maximum atomic E-state index is 2.62. The minimum absolute atomic E-state index is 0. The van der Waals surface area contributed by atoms with E-state index in [4.69, 9.17) is 0 Å². The minimum atomic E-state index is -0.117. The third kappa shape index (κ3) is 9.74. The van der Waals surface area contributed by atoms with Crippen molar-refractivity contribution in [2.45, 2.75) is 157 Å². The van der Waals surface area contributed by atoms with Gasteiger partial charge in [-0.15, -0.1) is 5.30 Å². The molecule has 0 spiro atoms. The molecular weight excluding hydrogens is 648 g/mol. The molecule has 4 fully saturated rings. The van der Waals surface area contributed by atoms with Gasteiger partial charge in [-0.2, -0.15) is 35.9 Å². The van der Waals surface area contributed by atoms with Crippen molar-refractivity contribution in [1.29, 1.82) is 0 Å². The molecule has 4 saturated carbocycles. The Labute approximate surface area is 302 Å². The van der Waals surface area contributed by atoms with Gasteiger partial charge in [0, 0.05) is 6.04 Å². The van der Waals surface area contributed by atoms with Gasteiger partial charge >= 0.3 is 17.1 Å². The second kappa shape index (κ2) is 19.6. The average molecular weight is 712 g/mol. The maximum absolute atomic E-state index is 2.62. The van der Waals surface area contributed by atoms with E-state index in [2.05, 4.69) is 61.5 Å². The van der Waals surface area contributed by atoms with Crippen molar-refractivity contribution < 1.29 is 17.1 Å². The van der Waals surface area contributed by atoms with E-state index in [9.17, 15) is 0 Å². The third-order valence-electron chi connectivity index (χ3n) is 11.9. The van der Waals surface area contributed by atoms with E-state index >= 15 is 0 Å². The number of nitrogens with zero attached hydrogens (tertiary/aromatic N) is 1. The molecule has 4 aliphatic carbocycles. The topological polar surface area (TPSA) is 3.24 Å². The molecule has 47 heavy (non-hydrogen) atoms. The minimum Gasteiger partial charge on any atom is -0.310 e. The monoisotopic (exact) mass is 711 g/mol. The molecule has 0 saturated heterocycles. The molecule has 3 aromatic carbocycles. The van der Waals surface area contributed by atoms with Crippen molar-refractivity contribution >= 4 is 26.5 Å². The summed E-state index contributed by atoms with van der Waals surface area (Å²) in [4.78, 5) is 2.60. The zero-order valence-corrected chi connectivity index (χ0v) is 32.5. The first-order chi connectivity index (χ1) is 22.7. The molecule has 258 valence electrons. The molecular formula is C43H63FeNP2. The van der Waals surface area contributed by atoms with E-state index in [1.165, 1.54) is 128 Å². The van der Waals surface area contributed by atoms with E-state index in [-0.39, 0.29) is 32.9 Å². The molecule has 1 atom stereocenters.